The van der Waals surface area contributed by atoms with E-state index in [1.807, 2.05) is 27.6 Å². The molecule has 1 aliphatic heterocycles. The Kier molecular flexibility index (Phi) is 7.17. The second-order valence-corrected chi connectivity index (χ2v) is 11.1. The zero-order valence-electron chi connectivity index (χ0n) is 20.1. The van der Waals surface area contributed by atoms with Crippen molar-refractivity contribution in [2.45, 2.75) is 6.54 Å². The van der Waals surface area contributed by atoms with Crippen molar-refractivity contribution in [3.63, 3.8) is 0 Å². The van der Waals surface area contributed by atoms with Crippen LogP contribution in [-0.4, -0.2) is 41.5 Å². The van der Waals surface area contributed by atoms with Crippen molar-refractivity contribution in [2.75, 3.05) is 10.8 Å². The van der Waals surface area contributed by atoms with E-state index in [1.165, 1.54) is 0 Å². The predicted octanol–water partition coefficient (Wildman–Crippen LogP) is 4.95. The lowest BCUT2D eigenvalue weighted by molar-refractivity contribution is -0.117. The normalized spacial score (nSPS) is 14.6. The Morgan fingerprint density at radius 1 is 1.03 bits per heavy atom. The van der Waals surface area contributed by atoms with Gasteiger partial charge in [0.15, 0.2) is 0 Å². The van der Waals surface area contributed by atoms with Gasteiger partial charge >= 0.3 is 16.2 Å². The van der Waals surface area contributed by atoms with Crippen LogP contribution in [0.4, 0.5) is 5.69 Å². The summed E-state index contributed by atoms with van der Waals surface area (Å²) in [6.45, 7) is 0.156. The minimum atomic E-state index is -3.88. The largest absolute Gasteiger partial charge is 0.478 e. The Labute approximate surface area is 234 Å². The highest BCUT2D eigenvalue weighted by atomic mass is 35.5. The highest BCUT2D eigenvalue weighted by molar-refractivity contribution is 7.92. The van der Waals surface area contributed by atoms with Gasteiger partial charge in [-0.05, 0) is 59.7 Å². The van der Waals surface area contributed by atoms with Crippen molar-refractivity contribution in [1.82, 2.24) is 14.3 Å². The van der Waals surface area contributed by atoms with E-state index in [2.05, 4.69) is 0 Å². The van der Waals surface area contributed by atoms with Gasteiger partial charge < -0.3 is 9.67 Å². The fourth-order valence-electron chi connectivity index (χ4n) is 4.07. The fraction of sp³-hybridized carbons (Fsp3) is 0.0741. The number of halogens is 2. The lowest BCUT2D eigenvalue weighted by Crippen LogP contribution is -2.29. The number of nitrogens with one attached hydrogen (secondary N) is 1. The number of nitrogens with zero attached hydrogens (tertiary/aromatic N) is 3. The number of carbonyl (C=O) groups is 2. The minimum Gasteiger partial charge on any atom is -0.478 e. The molecule has 4 aromatic rings. The van der Waals surface area contributed by atoms with Gasteiger partial charge in [0.1, 0.15) is 12.4 Å². The lowest BCUT2D eigenvalue weighted by Gasteiger charge is -2.14. The molecule has 0 unspecified atom stereocenters. The molecule has 1 fully saturated rings. The molecule has 9 nitrogen and oxygen atoms in total. The monoisotopic (exact) mass is 582 g/mol. The third-order valence-corrected chi connectivity index (χ3v) is 7.95. The van der Waals surface area contributed by atoms with E-state index >= 15 is 0 Å². The second-order valence-electron chi connectivity index (χ2n) is 8.70. The Balaban J connectivity index is 1.45. The van der Waals surface area contributed by atoms with Crippen LogP contribution in [0, 0.1) is 0 Å². The zero-order chi connectivity index (χ0) is 27.7. The molecule has 1 aliphatic rings. The van der Waals surface area contributed by atoms with Gasteiger partial charge in [0.2, 0.25) is 0 Å². The van der Waals surface area contributed by atoms with Crippen LogP contribution in [-0.2, 0) is 21.5 Å². The molecule has 0 atom stereocenters. The number of amides is 1. The molecule has 12 heteroatoms. The fourth-order valence-corrected chi connectivity index (χ4v) is 5.72. The van der Waals surface area contributed by atoms with Crippen molar-refractivity contribution < 1.29 is 23.1 Å². The number of anilines is 1. The smallest absolute Gasteiger partial charge is 0.335 e. The van der Waals surface area contributed by atoms with E-state index in [4.69, 9.17) is 28.2 Å². The summed E-state index contributed by atoms with van der Waals surface area (Å²) in [5.41, 5.74) is 3.56. The summed E-state index contributed by atoms with van der Waals surface area (Å²) in [4.78, 5) is 27.5. The molecule has 0 radical (unpaired) electrons. The van der Waals surface area contributed by atoms with E-state index in [-0.39, 0.29) is 12.1 Å². The molecule has 0 bridgehead atoms. The first-order chi connectivity index (χ1) is 18.6. The number of carboxylic acid groups (broad SMARTS) is 1. The maximum atomic E-state index is 12.1. The molecule has 1 aromatic heterocycles. The van der Waals surface area contributed by atoms with E-state index in [0.29, 0.717) is 39.4 Å². The number of aromatic carboxylic acids is 1. The van der Waals surface area contributed by atoms with Crippen LogP contribution in [0.3, 0.4) is 0 Å². The minimum absolute atomic E-state index is 0.198. The summed E-state index contributed by atoms with van der Waals surface area (Å²) in [5, 5.41) is 10.1. The van der Waals surface area contributed by atoms with Gasteiger partial charge in [0.25, 0.3) is 5.91 Å². The van der Waals surface area contributed by atoms with Gasteiger partial charge in [0.05, 0.1) is 22.0 Å². The number of imidazole rings is 1. The Hall–Kier alpha value is -4.12. The van der Waals surface area contributed by atoms with Crippen LogP contribution < -0.4 is 9.03 Å². The topological polar surface area (TPSA) is 122 Å². The average Bonchev–Trinajstić information content (AvgIpc) is 3.41. The molecule has 3 aromatic carbocycles. The van der Waals surface area contributed by atoms with Crippen LogP contribution >= 0.6 is 23.2 Å². The Morgan fingerprint density at radius 3 is 2.36 bits per heavy atom. The van der Waals surface area contributed by atoms with Crippen LogP contribution in [0.5, 0.6) is 0 Å². The third-order valence-electron chi connectivity index (χ3n) is 5.99. The van der Waals surface area contributed by atoms with E-state index in [9.17, 15) is 23.1 Å². The van der Waals surface area contributed by atoms with E-state index in [0.717, 1.165) is 15.4 Å². The summed E-state index contributed by atoms with van der Waals surface area (Å²) in [6.07, 6.45) is 5.49. The SMILES string of the molecule is O=C1CN(c2ccc(C=Cc3nc(-c4ccc(Cl)cc4Cl)cn3Cc3ccc(C(=O)O)cc3)cc2)S(=O)(=O)N1. The molecule has 2 heterocycles. The number of carbonyl (C=O) groups excluding carboxylic acids is 1. The maximum Gasteiger partial charge on any atom is 0.335 e. The number of aromatic nitrogens is 2. The molecule has 0 aliphatic carbocycles. The molecule has 5 rings (SSSR count). The van der Waals surface area contributed by atoms with Crippen molar-refractivity contribution in [3.05, 3.63) is 105 Å². The van der Waals surface area contributed by atoms with Gasteiger partial charge in [0, 0.05) is 23.3 Å². The highest BCUT2D eigenvalue weighted by Gasteiger charge is 2.33. The highest BCUT2D eigenvalue weighted by Crippen LogP contribution is 2.30. The zero-order valence-corrected chi connectivity index (χ0v) is 22.4. The van der Waals surface area contributed by atoms with Crippen LogP contribution in [0.1, 0.15) is 27.3 Å². The second kappa shape index (κ2) is 10.6. The molecular formula is C27H20Cl2N4O5S. The quantitative estimate of drug-likeness (QED) is 0.318. The van der Waals surface area contributed by atoms with Crippen molar-refractivity contribution in [2.24, 2.45) is 0 Å². The molecule has 39 heavy (non-hydrogen) atoms. The van der Waals surface area contributed by atoms with Gasteiger partial charge in [-0.2, -0.15) is 8.42 Å². The summed E-state index contributed by atoms with van der Waals surface area (Å²) in [5.74, 6) is -0.969. The van der Waals surface area contributed by atoms with Crippen LogP contribution in [0.25, 0.3) is 23.4 Å². The van der Waals surface area contributed by atoms with Crippen molar-refractivity contribution >= 4 is 63.1 Å². The Morgan fingerprint density at radius 2 is 1.74 bits per heavy atom. The van der Waals surface area contributed by atoms with Gasteiger partial charge in [-0.3, -0.25) is 4.79 Å². The van der Waals surface area contributed by atoms with E-state index in [1.54, 1.807) is 66.7 Å². The van der Waals surface area contributed by atoms with Gasteiger partial charge in [-0.1, -0.05) is 53.5 Å². The number of carboxylic acids is 1. The number of benzene rings is 3. The molecule has 0 saturated carbocycles. The third kappa shape index (κ3) is 5.83. The molecule has 0 spiro atoms. The maximum absolute atomic E-state index is 12.1. The Bertz CT molecular complexity index is 1720. The van der Waals surface area contributed by atoms with Crippen molar-refractivity contribution in [1.29, 1.82) is 0 Å². The van der Waals surface area contributed by atoms with Crippen molar-refractivity contribution in [3.8, 4) is 11.3 Å². The average molecular weight is 583 g/mol. The first-order valence-electron chi connectivity index (χ1n) is 11.6. The number of rotatable bonds is 7. The molecular weight excluding hydrogens is 563 g/mol. The van der Waals surface area contributed by atoms with Gasteiger partial charge in [-0.25, -0.2) is 18.8 Å². The van der Waals surface area contributed by atoms with Gasteiger partial charge in [-0.15, -0.1) is 0 Å². The summed E-state index contributed by atoms with van der Waals surface area (Å²) in [7, 11) is -3.88. The first kappa shape index (κ1) is 26.5. The predicted molar refractivity (Wildman–Crippen MR) is 150 cm³/mol. The van der Waals surface area contributed by atoms with E-state index < -0.39 is 22.1 Å². The lowest BCUT2D eigenvalue weighted by atomic mass is 10.1. The molecule has 1 saturated heterocycles. The summed E-state index contributed by atoms with van der Waals surface area (Å²) < 4.78 is 29.1. The molecule has 1 amide bonds. The number of hydrogen-bond acceptors (Lipinski definition) is 5. The first-order valence-corrected chi connectivity index (χ1v) is 13.7. The van der Waals surface area contributed by atoms with Crippen LogP contribution in [0.15, 0.2) is 72.9 Å². The summed E-state index contributed by atoms with van der Waals surface area (Å²) >= 11 is 12.5. The number of hydrogen-bond donors (Lipinski definition) is 2. The standard InChI is InChI=1S/C27H20Cl2N4O5S/c28-20-8-11-22(23(29)13-20)24-15-32(14-18-1-6-19(7-2-18)27(35)36)25(30-24)12-5-17-3-9-21(10-4-17)33-16-26(34)31-39(33,37)38/h1-13,15H,14,16H2,(H,31,34)(H,35,36). The molecule has 198 valence electrons. The summed E-state index contributed by atoms with van der Waals surface area (Å²) in [6, 6.07) is 18.5. The van der Waals surface area contributed by atoms with Crippen LogP contribution in [0.2, 0.25) is 10.0 Å². The molecule has 2 N–H and O–H groups in total.